The molecule has 3 N–H and O–H groups in total. The van der Waals surface area contributed by atoms with Crippen molar-refractivity contribution in [3.8, 4) is 0 Å². The Balaban J connectivity index is 1.74. The van der Waals surface area contributed by atoms with Gasteiger partial charge in [0.25, 0.3) is 11.8 Å². The van der Waals surface area contributed by atoms with E-state index in [0.29, 0.717) is 29.3 Å². The lowest BCUT2D eigenvalue weighted by Crippen LogP contribution is -2.29. The normalized spacial score (nSPS) is 14.3. The maximum atomic E-state index is 12.9. The van der Waals surface area contributed by atoms with Crippen molar-refractivity contribution >= 4 is 23.2 Å². The number of nitrogens with two attached hydrogens (primary N) is 1. The summed E-state index contributed by atoms with van der Waals surface area (Å²) in [4.78, 5) is 27.0. The predicted octanol–water partition coefficient (Wildman–Crippen LogP) is 4.54. The van der Waals surface area contributed by atoms with Gasteiger partial charge in [-0.3, -0.25) is 9.59 Å². The maximum absolute atomic E-state index is 12.9. The van der Waals surface area contributed by atoms with Crippen molar-refractivity contribution < 1.29 is 9.59 Å². The summed E-state index contributed by atoms with van der Waals surface area (Å²) in [6.07, 6.45) is 4.17. The summed E-state index contributed by atoms with van der Waals surface area (Å²) in [5, 5.41) is 3.33. The number of nitrogens with zero attached hydrogens (tertiary/aromatic N) is 1. The van der Waals surface area contributed by atoms with Gasteiger partial charge in [-0.05, 0) is 67.6 Å². The number of rotatable bonds is 9. The number of carbonyl (C=O) groups is 2. The average molecular weight is 380 g/mol. The van der Waals surface area contributed by atoms with E-state index in [1.165, 1.54) is 10.5 Å². The highest BCUT2D eigenvalue weighted by Crippen LogP contribution is 2.31. The van der Waals surface area contributed by atoms with Crippen molar-refractivity contribution in [1.29, 1.82) is 0 Å². The Morgan fingerprint density at radius 3 is 2.36 bits per heavy atom. The largest absolute Gasteiger partial charge is 0.385 e. The highest BCUT2D eigenvalue weighted by molar-refractivity contribution is 6.34. The van der Waals surface area contributed by atoms with E-state index in [1.54, 1.807) is 12.1 Å². The van der Waals surface area contributed by atoms with Crippen LogP contribution in [0.25, 0.3) is 0 Å². The zero-order valence-corrected chi connectivity index (χ0v) is 16.7. The van der Waals surface area contributed by atoms with Gasteiger partial charge in [0.05, 0.1) is 16.8 Å². The Hall–Kier alpha value is -2.66. The lowest BCUT2D eigenvalue weighted by Gasteiger charge is -2.15. The molecule has 1 aliphatic rings. The first-order valence-corrected chi connectivity index (χ1v) is 10.1. The van der Waals surface area contributed by atoms with E-state index in [1.807, 2.05) is 30.3 Å². The third kappa shape index (κ3) is 4.09. The second-order valence-electron chi connectivity index (χ2n) is 7.38. The molecule has 2 amide bonds. The van der Waals surface area contributed by atoms with Crippen LogP contribution in [0.5, 0.6) is 0 Å². The standard InChI is InChI=1S/C23H29N3O2/c1-3-16(2)17-7-10-19(11-8-17)26-22(27)20-12-9-18(15-21(20)23(26)28)25-14-6-4-5-13-24/h7-12,15-16,25H,3-6,13-14,24H2,1-2H3. The predicted molar refractivity (Wildman–Crippen MR) is 114 cm³/mol. The van der Waals surface area contributed by atoms with E-state index < -0.39 is 0 Å². The Morgan fingerprint density at radius 1 is 0.964 bits per heavy atom. The minimum absolute atomic E-state index is 0.259. The van der Waals surface area contributed by atoms with Crippen LogP contribution in [-0.4, -0.2) is 24.9 Å². The number of anilines is 2. The van der Waals surface area contributed by atoms with Gasteiger partial charge in [-0.2, -0.15) is 0 Å². The first-order chi connectivity index (χ1) is 13.6. The summed E-state index contributed by atoms with van der Waals surface area (Å²) >= 11 is 0. The van der Waals surface area contributed by atoms with E-state index in [4.69, 9.17) is 5.73 Å². The summed E-state index contributed by atoms with van der Waals surface area (Å²) in [5.74, 6) is -0.0661. The third-order valence-electron chi connectivity index (χ3n) is 5.43. The van der Waals surface area contributed by atoms with Gasteiger partial charge in [0.2, 0.25) is 0 Å². The van der Waals surface area contributed by atoms with E-state index in [-0.39, 0.29) is 11.8 Å². The van der Waals surface area contributed by atoms with Crippen molar-refractivity contribution in [2.45, 2.75) is 45.4 Å². The molecule has 5 nitrogen and oxygen atoms in total. The molecule has 0 bridgehead atoms. The van der Waals surface area contributed by atoms with Crippen LogP contribution < -0.4 is 16.0 Å². The molecule has 1 aliphatic heterocycles. The molecule has 0 saturated carbocycles. The number of carbonyl (C=O) groups excluding carboxylic acids is 2. The maximum Gasteiger partial charge on any atom is 0.266 e. The van der Waals surface area contributed by atoms with E-state index in [9.17, 15) is 9.59 Å². The Labute approximate surface area is 166 Å². The Kier molecular flexibility index (Phi) is 6.47. The summed E-state index contributed by atoms with van der Waals surface area (Å²) < 4.78 is 0. The van der Waals surface area contributed by atoms with Crippen molar-refractivity contribution in [3.05, 3.63) is 59.2 Å². The molecular weight excluding hydrogens is 350 g/mol. The van der Waals surface area contributed by atoms with Crippen molar-refractivity contribution in [2.75, 3.05) is 23.3 Å². The molecule has 0 saturated heterocycles. The number of benzene rings is 2. The van der Waals surface area contributed by atoms with Gasteiger partial charge in [-0.25, -0.2) is 4.90 Å². The molecule has 1 heterocycles. The zero-order chi connectivity index (χ0) is 20.1. The van der Waals surface area contributed by atoms with Crippen molar-refractivity contribution in [1.82, 2.24) is 0 Å². The molecule has 1 atom stereocenters. The number of amides is 2. The van der Waals surface area contributed by atoms with E-state index >= 15 is 0 Å². The van der Waals surface area contributed by atoms with Crippen molar-refractivity contribution in [3.63, 3.8) is 0 Å². The number of fused-ring (bicyclic) bond motifs is 1. The van der Waals surface area contributed by atoms with Gasteiger partial charge in [0.15, 0.2) is 0 Å². The van der Waals surface area contributed by atoms with Gasteiger partial charge in [-0.15, -0.1) is 0 Å². The first-order valence-electron chi connectivity index (χ1n) is 10.1. The molecule has 0 aliphatic carbocycles. The molecule has 2 aromatic rings. The van der Waals surface area contributed by atoms with Crippen LogP contribution in [0.4, 0.5) is 11.4 Å². The fraction of sp³-hybridized carbons (Fsp3) is 0.391. The Bertz CT molecular complexity index is 845. The lowest BCUT2D eigenvalue weighted by atomic mass is 9.98. The molecule has 3 rings (SSSR count). The minimum atomic E-state index is -0.261. The highest BCUT2D eigenvalue weighted by atomic mass is 16.2. The molecule has 148 valence electrons. The third-order valence-corrected chi connectivity index (χ3v) is 5.43. The number of unbranched alkanes of at least 4 members (excludes halogenated alkanes) is 2. The van der Waals surface area contributed by atoms with Crippen LogP contribution in [0.15, 0.2) is 42.5 Å². The van der Waals surface area contributed by atoms with Gasteiger partial charge in [-0.1, -0.05) is 32.4 Å². The van der Waals surface area contributed by atoms with Gasteiger partial charge >= 0.3 is 0 Å². The quantitative estimate of drug-likeness (QED) is 0.495. The molecule has 0 aromatic heterocycles. The lowest BCUT2D eigenvalue weighted by molar-refractivity contribution is 0.0926. The first kappa shape index (κ1) is 20.1. The van der Waals surface area contributed by atoms with Gasteiger partial charge in [0, 0.05) is 12.2 Å². The van der Waals surface area contributed by atoms with Crippen LogP contribution in [0.1, 0.15) is 71.7 Å². The number of hydrogen-bond acceptors (Lipinski definition) is 4. The second kappa shape index (κ2) is 9.02. The fourth-order valence-electron chi connectivity index (χ4n) is 3.45. The van der Waals surface area contributed by atoms with E-state index in [2.05, 4.69) is 19.2 Å². The van der Waals surface area contributed by atoms with E-state index in [0.717, 1.165) is 37.9 Å². The van der Waals surface area contributed by atoms with Gasteiger partial charge < -0.3 is 11.1 Å². The molecule has 1 unspecified atom stereocenters. The molecule has 28 heavy (non-hydrogen) atoms. The molecule has 0 fully saturated rings. The summed E-state index contributed by atoms with van der Waals surface area (Å²) in [6.45, 7) is 5.85. The monoisotopic (exact) mass is 379 g/mol. The zero-order valence-electron chi connectivity index (χ0n) is 16.7. The number of hydrogen-bond donors (Lipinski definition) is 2. The highest BCUT2D eigenvalue weighted by Gasteiger charge is 2.36. The SMILES string of the molecule is CCC(C)c1ccc(N2C(=O)c3ccc(NCCCCCN)cc3C2=O)cc1. The minimum Gasteiger partial charge on any atom is -0.385 e. The van der Waals surface area contributed by atoms with Crippen LogP contribution in [0, 0.1) is 0 Å². The molecule has 5 heteroatoms. The molecular formula is C23H29N3O2. The van der Waals surface area contributed by atoms with Crippen LogP contribution in [-0.2, 0) is 0 Å². The molecule has 0 spiro atoms. The summed E-state index contributed by atoms with van der Waals surface area (Å²) in [7, 11) is 0. The number of imide groups is 1. The summed E-state index contributed by atoms with van der Waals surface area (Å²) in [6, 6.07) is 13.1. The van der Waals surface area contributed by atoms with Crippen LogP contribution >= 0.6 is 0 Å². The second-order valence-corrected chi connectivity index (χ2v) is 7.38. The molecule has 2 aromatic carbocycles. The topological polar surface area (TPSA) is 75.4 Å². The smallest absolute Gasteiger partial charge is 0.266 e. The van der Waals surface area contributed by atoms with Crippen molar-refractivity contribution in [2.24, 2.45) is 5.73 Å². The molecule has 0 radical (unpaired) electrons. The van der Waals surface area contributed by atoms with Gasteiger partial charge in [0.1, 0.15) is 0 Å². The fourth-order valence-corrected chi connectivity index (χ4v) is 3.45. The summed E-state index contributed by atoms with van der Waals surface area (Å²) in [5.41, 5.74) is 9.13. The number of nitrogens with one attached hydrogen (secondary N) is 1. The Morgan fingerprint density at radius 2 is 1.68 bits per heavy atom. The average Bonchev–Trinajstić information content (AvgIpc) is 2.97. The van der Waals surface area contributed by atoms with Crippen LogP contribution in [0.2, 0.25) is 0 Å². The van der Waals surface area contributed by atoms with Crippen LogP contribution in [0.3, 0.4) is 0 Å².